The molecule has 0 fully saturated rings. The number of nitrogens with zero attached hydrogens (tertiary/aromatic N) is 2. The van der Waals surface area contributed by atoms with Gasteiger partial charge in [0.1, 0.15) is 0 Å². The Morgan fingerprint density at radius 1 is 0.815 bits per heavy atom. The van der Waals surface area contributed by atoms with Gasteiger partial charge < -0.3 is 0 Å². The van der Waals surface area contributed by atoms with Crippen LogP contribution in [0.4, 0.5) is 0 Å². The molecule has 6 heteroatoms. The number of hydrogen-bond donors (Lipinski definition) is 0. The van der Waals surface area contributed by atoms with Gasteiger partial charge in [0, 0.05) is 36.4 Å². The van der Waals surface area contributed by atoms with Crippen LogP contribution in [0.15, 0.2) is 23.3 Å². The summed E-state index contributed by atoms with van der Waals surface area (Å²) in [7, 11) is 0. The molecule has 2 aliphatic rings. The van der Waals surface area contributed by atoms with Crippen molar-refractivity contribution in [3.63, 3.8) is 0 Å². The van der Waals surface area contributed by atoms with Gasteiger partial charge in [-0.05, 0) is 44.9 Å². The van der Waals surface area contributed by atoms with Gasteiger partial charge in [0.2, 0.25) is 0 Å². The Kier molecular flexibility index (Phi) is 6.73. The highest BCUT2D eigenvalue weighted by atomic mass is 16.2. The molecule has 0 radical (unpaired) electrons. The lowest BCUT2D eigenvalue weighted by atomic mass is 9.75. The average molecular weight is 374 g/mol. The van der Waals surface area contributed by atoms with Crippen molar-refractivity contribution in [1.29, 1.82) is 0 Å². The Morgan fingerprint density at radius 2 is 1.33 bits per heavy atom. The smallest absolute Gasteiger partial charge is 0.256 e. The molecule has 2 rings (SSSR count). The number of unbranched alkanes of at least 4 members (excludes halogenated alkanes) is 1. The topological polar surface area (TPSA) is 74.8 Å². The fraction of sp³-hybridized carbons (Fsp3) is 0.619. The molecule has 0 N–H and O–H groups in total. The second-order valence-corrected chi connectivity index (χ2v) is 7.74. The molecule has 2 aliphatic heterocycles. The maximum absolute atomic E-state index is 12.3. The van der Waals surface area contributed by atoms with Crippen LogP contribution in [-0.4, -0.2) is 46.5 Å². The standard InChI is InChI=1S/C21H30N2O4/c1-5-7-9-21(6-2,14-23-18(25)13-16(4)20(23)27)10-8-11-22-17(24)12-15(3)19(22)26/h12-13H,5-11,14H2,1-4H3. The molecular weight excluding hydrogens is 344 g/mol. The summed E-state index contributed by atoms with van der Waals surface area (Å²) in [5.74, 6) is -0.922. The monoisotopic (exact) mass is 374 g/mol. The van der Waals surface area contributed by atoms with Crippen LogP contribution in [-0.2, 0) is 19.2 Å². The lowest BCUT2D eigenvalue weighted by Crippen LogP contribution is -2.42. The van der Waals surface area contributed by atoms with Crippen LogP contribution >= 0.6 is 0 Å². The van der Waals surface area contributed by atoms with Crippen LogP contribution in [0.3, 0.4) is 0 Å². The van der Waals surface area contributed by atoms with Crippen LogP contribution in [0.1, 0.15) is 66.2 Å². The lowest BCUT2D eigenvalue weighted by Gasteiger charge is -2.36. The molecule has 1 atom stereocenters. The van der Waals surface area contributed by atoms with E-state index in [2.05, 4.69) is 13.8 Å². The van der Waals surface area contributed by atoms with E-state index in [1.165, 1.54) is 22.0 Å². The second kappa shape index (κ2) is 8.63. The molecule has 2 heterocycles. The molecule has 0 saturated carbocycles. The first-order chi connectivity index (χ1) is 12.7. The van der Waals surface area contributed by atoms with Crippen molar-refractivity contribution in [3.8, 4) is 0 Å². The number of amides is 4. The van der Waals surface area contributed by atoms with Gasteiger partial charge in [-0.2, -0.15) is 0 Å². The summed E-state index contributed by atoms with van der Waals surface area (Å²) in [4.78, 5) is 51.1. The molecule has 0 saturated heterocycles. The van der Waals surface area contributed by atoms with E-state index in [9.17, 15) is 19.2 Å². The van der Waals surface area contributed by atoms with Gasteiger partial charge >= 0.3 is 0 Å². The summed E-state index contributed by atoms with van der Waals surface area (Å²) in [5, 5.41) is 0. The first-order valence-corrected chi connectivity index (χ1v) is 9.83. The van der Waals surface area contributed by atoms with E-state index in [-0.39, 0.29) is 29.0 Å². The van der Waals surface area contributed by atoms with Gasteiger partial charge in [0.25, 0.3) is 23.6 Å². The molecular formula is C21H30N2O4. The number of rotatable bonds is 10. The maximum Gasteiger partial charge on any atom is 0.256 e. The molecule has 0 bridgehead atoms. The summed E-state index contributed by atoms with van der Waals surface area (Å²) in [6, 6.07) is 0. The summed E-state index contributed by atoms with van der Waals surface area (Å²) in [5.41, 5.74) is 0.770. The summed E-state index contributed by atoms with van der Waals surface area (Å²) in [6.07, 6.45) is 8.00. The van der Waals surface area contributed by atoms with E-state index in [1.54, 1.807) is 13.8 Å². The Bertz CT molecular complexity index is 707. The molecule has 0 aromatic heterocycles. The predicted molar refractivity (Wildman–Crippen MR) is 102 cm³/mol. The zero-order valence-electron chi connectivity index (χ0n) is 16.8. The minimum Gasteiger partial charge on any atom is -0.275 e. The molecule has 6 nitrogen and oxygen atoms in total. The normalized spacial score (nSPS) is 19.7. The van der Waals surface area contributed by atoms with Crippen LogP contribution in [0, 0.1) is 5.41 Å². The first-order valence-electron chi connectivity index (χ1n) is 9.83. The van der Waals surface area contributed by atoms with E-state index in [0.29, 0.717) is 30.7 Å². The Morgan fingerprint density at radius 3 is 1.78 bits per heavy atom. The highest BCUT2D eigenvalue weighted by Gasteiger charge is 2.37. The third kappa shape index (κ3) is 4.54. The van der Waals surface area contributed by atoms with Crippen molar-refractivity contribution in [2.45, 2.75) is 66.2 Å². The van der Waals surface area contributed by atoms with Crippen molar-refractivity contribution >= 4 is 23.6 Å². The van der Waals surface area contributed by atoms with Gasteiger partial charge in [-0.3, -0.25) is 29.0 Å². The van der Waals surface area contributed by atoms with E-state index >= 15 is 0 Å². The third-order valence-corrected chi connectivity index (χ3v) is 5.77. The first kappa shape index (κ1) is 21.1. The molecule has 0 spiro atoms. The van der Waals surface area contributed by atoms with E-state index in [4.69, 9.17) is 0 Å². The van der Waals surface area contributed by atoms with Gasteiger partial charge in [-0.25, -0.2) is 0 Å². The number of carbonyl (C=O) groups is 4. The van der Waals surface area contributed by atoms with Crippen molar-refractivity contribution in [3.05, 3.63) is 23.3 Å². The SMILES string of the molecule is CCCCC(CC)(CCCN1C(=O)C=C(C)C1=O)CN1C(=O)C=C(C)C1=O. The molecule has 4 amide bonds. The Labute approximate surface area is 161 Å². The quantitative estimate of drug-likeness (QED) is 0.551. The minimum absolute atomic E-state index is 0.186. The zero-order chi connectivity index (χ0) is 20.2. The molecule has 0 aliphatic carbocycles. The molecule has 148 valence electrons. The Balaban J connectivity index is 2.05. The maximum atomic E-state index is 12.3. The molecule has 1 unspecified atom stereocenters. The highest BCUT2D eigenvalue weighted by Crippen LogP contribution is 2.36. The van der Waals surface area contributed by atoms with Crippen molar-refractivity contribution in [2.75, 3.05) is 13.1 Å². The van der Waals surface area contributed by atoms with Crippen LogP contribution in [0.2, 0.25) is 0 Å². The van der Waals surface area contributed by atoms with Crippen LogP contribution < -0.4 is 0 Å². The third-order valence-electron chi connectivity index (χ3n) is 5.77. The lowest BCUT2D eigenvalue weighted by molar-refractivity contribution is -0.139. The van der Waals surface area contributed by atoms with Gasteiger partial charge in [0.05, 0.1) is 0 Å². The zero-order valence-corrected chi connectivity index (χ0v) is 16.8. The highest BCUT2D eigenvalue weighted by molar-refractivity contribution is 6.16. The molecule has 0 aromatic rings. The van der Waals surface area contributed by atoms with Gasteiger partial charge in [0.15, 0.2) is 0 Å². The van der Waals surface area contributed by atoms with Crippen LogP contribution in [0.5, 0.6) is 0 Å². The number of hydrogen-bond acceptors (Lipinski definition) is 4. The number of carbonyl (C=O) groups excluding carboxylic acids is 4. The van der Waals surface area contributed by atoms with Crippen molar-refractivity contribution in [1.82, 2.24) is 9.80 Å². The minimum atomic E-state index is -0.252. The molecule has 27 heavy (non-hydrogen) atoms. The molecule has 0 aromatic carbocycles. The average Bonchev–Trinajstić information content (AvgIpc) is 3.02. The van der Waals surface area contributed by atoms with Crippen LogP contribution in [0.25, 0.3) is 0 Å². The van der Waals surface area contributed by atoms with E-state index < -0.39 is 0 Å². The number of imide groups is 2. The van der Waals surface area contributed by atoms with E-state index in [0.717, 1.165) is 32.1 Å². The predicted octanol–water partition coefficient (Wildman–Crippen LogP) is 2.98. The van der Waals surface area contributed by atoms with Gasteiger partial charge in [-0.1, -0.05) is 26.7 Å². The van der Waals surface area contributed by atoms with Crippen molar-refractivity contribution < 1.29 is 19.2 Å². The fourth-order valence-electron chi connectivity index (χ4n) is 3.88. The van der Waals surface area contributed by atoms with Gasteiger partial charge in [-0.15, -0.1) is 0 Å². The largest absolute Gasteiger partial charge is 0.275 e. The fourth-order valence-corrected chi connectivity index (χ4v) is 3.88. The van der Waals surface area contributed by atoms with E-state index in [1.807, 2.05) is 0 Å². The Hall–Kier alpha value is -2.24. The summed E-state index contributed by atoms with van der Waals surface area (Å²) in [6.45, 7) is 8.29. The summed E-state index contributed by atoms with van der Waals surface area (Å²) >= 11 is 0. The summed E-state index contributed by atoms with van der Waals surface area (Å²) < 4.78 is 0. The van der Waals surface area contributed by atoms with Crippen molar-refractivity contribution in [2.24, 2.45) is 5.41 Å². The second-order valence-electron chi connectivity index (χ2n) is 7.74.